The van der Waals surface area contributed by atoms with Crippen molar-refractivity contribution in [3.63, 3.8) is 0 Å². The lowest BCUT2D eigenvalue weighted by Gasteiger charge is -2.23. The molecule has 22 heavy (non-hydrogen) atoms. The Morgan fingerprint density at radius 2 is 2.23 bits per heavy atom. The number of rotatable bonds is 3. The van der Waals surface area contributed by atoms with Crippen molar-refractivity contribution in [3.8, 4) is 5.88 Å². The molecule has 0 fully saturated rings. The van der Waals surface area contributed by atoms with E-state index in [1.54, 1.807) is 13.0 Å². The molecule has 0 saturated carbocycles. The molecule has 1 atom stereocenters. The van der Waals surface area contributed by atoms with Crippen molar-refractivity contribution in [1.29, 1.82) is 0 Å². The summed E-state index contributed by atoms with van der Waals surface area (Å²) in [6.07, 6.45) is 1.49. The molecule has 1 aromatic carbocycles. The summed E-state index contributed by atoms with van der Waals surface area (Å²) < 4.78 is 18.9. The molecule has 2 aromatic rings. The first kappa shape index (κ1) is 14.7. The molecular formula is C15H12ClFN2O3. The van der Waals surface area contributed by atoms with Gasteiger partial charge >= 0.3 is 0 Å². The quantitative estimate of drug-likeness (QED) is 0.910. The van der Waals surface area contributed by atoms with Crippen molar-refractivity contribution in [2.75, 3.05) is 11.9 Å². The number of carbonyl (C=O) groups is 1. The van der Waals surface area contributed by atoms with E-state index in [9.17, 15) is 14.3 Å². The van der Waals surface area contributed by atoms with Gasteiger partial charge in [-0.05, 0) is 31.2 Å². The van der Waals surface area contributed by atoms with Crippen LogP contribution in [0.5, 0.6) is 5.88 Å². The summed E-state index contributed by atoms with van der Waals surface area (Å²) in [6.45, 7) is 2.08. The third kappa shape index (κ3) is 2.03. The predicted octanol–water partition coefficient (Wildman–Crippen LogP) is 2.46. The van der Waals surface area contributed by atoms with E-state index >= 15 is 0 Å². The standard InChI is InChI=1S/C15H12ClFN2O3/c1-2-22-13-8(4-3-5-18-13)15(21)9-6-10(16)11(17)7-12(9)19-14(15)20/h3-7,21H,2H2,1H3,(H,19,20). The van der Waals surface area contributed by atoms with Crippen LogP contribution in [0.4, 0.5) is 10.1 Å². The Hall–Kier alpha value is -2.18. The first-order chi connectivity index (χ1) is 10.5. The Morgan fingerprint density at radius 3 is 2.95 bits per heavy atom. The van der Waals surface area contributed by atoms with Gasteiger partial charge in [0.15, 0.2) is 0 Å². The van der Waals surface area contributed by atoms with Crippen LogP contribution < -0.4 is 10.1 Å². The lowest BCUT2D eigenvalue weighted by Crippen LogP contribution is -2.36. The van der Waals surface area contributed by atoms with Crippen LogP contribution in [0.25, 0.3) is 0 Å². The fourth-order valence-corrected chi connectivity index (χ4v) is 2.63. The van der Waals surface area contributed by atoms with E-state index in [1.807, 2.05) is 0 Å². The highest BCUT2D eigenvalue weighted by atomic mass is 35.5. The smallest absolute Gasteiger partial charge is 0.266 e. The summed E-state index contributed by atoms with van der Waals surface area (Å²) in [5, 5.41) is 13.3. The summed E-state index contributed by atoms with van der Waals surface area (Å²) in [7, 11) is 0. The van der Waals surface area contributed by atoms with Gasteiger partial charge in [-0.25, -0.2) is 9.37 Å². The number of aromatic nitrogens is 1. The van der Waals surface area contributed by atoms with Crippen LogP contribution in [0.2, 0.25) is 5.02 Å². The molecule has 0 spiro atoms. The summed E-state index contributed by atoms with van der Waals surface area (Å²) >= 11 is 5.78. The second kappa shape index (κ2) is 5.23. The third-order valence-corrected chi connectivity index (χ3v) is 3.76. The van der Waals surface area contributed by atoms with Gasteiger partial charge in [-0.3, -0.25) is 4.79 Å². The summed E-state index contributed by atoms with van der Waals surface area (Å²) in [6, 6.07) is 5.41. The van der Waals surface area contributed by atoms with Crippen molar-refractivity contribution in [2.45, 2.75) is 12.5 Å². The number of nitrogens with zero attached hydrogens (tertiary/aromatic N) is 1. The molecule has 7 heteroatoms. The molecule has 1 aliphatic heterocycles. The first-order valence-electron chi connectivity index (χ1n) is 6.60. The highest BCUT2D eigenvalue weighted by Gasteiger charge is 2.49. The van der Waals surface area contributed by atoms with Gasteiger partial charge in [-0.1, -0.05) is 11.6 Å². The first-order valence-corrected chi connectivity index (χ1v) is 6.98. The number of benzene rings is 1. The molecule has 1 unspecified atom stereocenters. The van der Waals surface area contributed by atoms with Gasteiger partial charge in [-0.15, -0.1) is 0 Å². The van der Waals surface area contributed by atoms with Gasteiger partial charge in [0.1, 0.15) is 5.82 Å². The monoisotopic (exact) mass is 322 g/mol. The van der Waals surface area contributed by atoms with Gasteiger partial charge in [0.05, 0.1) is 22.9 Å². The summed E-state index contributed by atoms with van der Waals surface area (Å²) in [5.74, 6) is -1.25. The van der Waals surface area contributed by atoms with E-state index in [4.69, 9.17) is 16.3 Å². The van der Waals surface area contributed by atoms with Crippen molar-refractivity contribution < 1.29 is 19.0 Å². The zero-order valence-electron chi connectivity index (χ0n) is 11.6. The fraction of sp³-hybridized carbons (Fsp3) is 0.200. The highest BCUT2D eigenvalue weighted by Crippen LogP contribution is 2.44. The lowest BCUT2D eigenvalue weighted by molar-refractivity contribution is -0.129. The van der Waals surface area contributed by atoms with Crippen LogP contribution in [0.1, 0.15) is 18.1 Å². The predicted molar refractivity (Wildman–Crippen MR) is 78.4 cm³/mol. The molecule has 1 aliphatic rings. The maximum atomic E-state index is 13.6. The number of hydrogen-bond donors (Lipinski definition) is 2. The maximum Gasteiger partial charge on any atom is 0.266 e. The van der Waals surface area contributed by atoms with Gasteiger partial charge in [0.2, 0.25) is 11.5 Å². The van der Waals surface area contributed by atoms with E-state index in [1.165, 1.54) is 18.3 Å². The van der Waals surface area contributed by atoms with Crippen LogP contribution in [-0.2, 0) is 10.4 Å². The molecule has 114 valence electrons. The molecular weight excluding hydrogens is 311 g/mol. The molecule has 0 bridgehead atoms. The number of carbonyl (C=O) groups excluding carboxylic acids is 1. The zero-order chi connectivity index (χ0) is 15.9. The van der Waals surface area contributed by atoms with Crippen LogP contribution in [0.3, 0.4) is 0 Å². The molecule has 0 aliphatic carbocycles. The minimum absolute atomic E-state index is 0.135. The molecule has 5 nitrogen and oxygen atoms in total. The van der Waals surface area contributed by atoms with Crippen molar-refractivity contribution in [1.82, 2.24) is 4.98 Å². The average Bonchev–Trinajstić information content (AvgIpc) is 2.73. The van der Waals surface area contributed by atoms with Crippen molar-refractivity contribution >= 4 is 23.2 Å². The second-order valence-corrected chi connectivity index (χ2v) is 5.17. The van der Waals surface area contributed by atoms with Crippen molar-refractivity contribution in [2.24, 2.45) is 0 Å². The number of anilines is 1. The van der Waals surface area contributed by atoms with Gasteiger partial charge in [0.25, 0.3) is 5.91 Å². The van der Waals surface area contributed by atoms with Crippen LogP contribution in [0, 0.1) is 5.82 Å². The summed E-state index contributed by atoms with van der Waals surface area (Å²) in [4.78, 5) is 16.4. The Kier molecular flexibility index (Phi) is 3.50. The lowest BCUT2D eigenvalue weighted by atomic mass is 9.88. The Bertz CT molecular complexity index is 768. The van der Waals surface area contributed by atoms with E-state index in [0.717, 1.165) is 6.07 Å². The van der Waals surface area contributed by atoms with Crippen LogP contribution in [0.15, 0.2) is 30.5 Å². The second-order valence-electron chi connectivity index (χ2n) is 4.77. The number of hydrogen-bond acceptors (Lipinski definition) is 4. The molecule has 0 radical (unpaired) electrons. The molecule has 1 aromatic heterocycles. The molecule has 0 saturated heterocycles. The average molecular weight is 323 g/mol. The number of halogens is 2. The maximum absolute atomic E-state index is 13.6. The Morgan fingerprint density at radius 1 is 1.45 bits per heavy atom. The van der Waals surface area contributed by atoms with Gasteiger partial charge in [0, 0.05) is 11.8 Å². The largest absolute Gasteiger partial charge is 0.478 e. The van der Waals surface area contributed by atoms with E-state index < -0.39 is 17.3 Å². The minimum atomic E-state index is -2.04. The SMILES string of the molecule is CCOc1ncccc1C1(O)C(=O)Nc2cc(F)c(Cl)cc21. The highest BCUT2D eigenvalue weighted by molar-refractivity contribution is 6.31. The number of ether oxygens (including phenoxy) is 1. The van der Waals surface area contributed by atoms with Crippen molar-refractivity contribution in [3.05, 3.63) is 52.4 Å². The molecule has 2 N–H and O–H groups in total. The number of amides is 1. The molecule has 1 amide bonds. The van der Waals surface area contributed by atoms with Gasteiger partial charge < -0.3 is 15.2 Å². The minimum Gasteiger partial charge on any atom is -0.478 e. The third-order valence-electron chi connectivity index (χ3n) is 3.47. The number of nitrogens with one attached hydrogen (secondary N) is 1. The topological polar surface area (TPSA) is 71.5 Å². The molecule has 3 rings (SSSR count). The van der Waals surface area contributed by atoms with E-state index in [2.05, 4.69) is 10.3 Å². The van der Waals surface area contributed by atoms with E-state index in [-0.39, 0.29) is 27.7 Å². The fourth-order valence-electron chi connectivity index (χ4n) is 2.47. The number of fused-ring (bicyclic) bond motifs is 1. The number of aliphatic hydroxyl groups is 1. The Balaban J connectivity index is 2.23. The van der Waals surface area contributed by atoms with Gasteiger partial charge in [-0.2, -0.15) is 0 Å². The van der Waals surface area contributed by atoms with Crippen LogP contribution >= 0.6 is 11.6 Å². The van der Waals surface area contributed by atoms with Crippen LogP contribution in [-0.4, -0.2) is 22.6 Å². The molecule has 2 heterocycles. The normalized spacial score (nSPS) is 19.7. The number of pyridine rings is 1. The zero-order valence-corrected chi connectivity index (χ0v) is 12.3. The summed E-state index contributed by atoms with van der Waals surface area (Å²) in [5.41, 5.74) is -1.53. The Labute approximate surface area is 130 Å². The van der Waals surface area contributed by atoms with E-state index in [0.29, 0.717) is 6.61 Å².